The molecule has 23 heavy (non-hydrogen) atoms. The molecule has 0 N–H and O–H groups in total. The molecule has 1 radical (unpaired) electrons. The fourth-order valence-electron chi connectivity index (χ4n) is 3.41. The van der Waals surface area contributed by atoms with Gasteiger partial charge in [0.25, 0.3) is 0 Å². The second kappa shape index (κ2) is 6.42. The number of rotatable bonds is 2. The van der Waals surface area contributed by atoms with Crippen molar-refractivity contribution in [1.29, 1.82) is 0 Å². The minimum absolute atomic E-state index is 0.0562. The van der Waals surface area contributed by atoms with Crippen molar-refractivity contribution < 1.29 is 9.39 Å². The zero-order valence-corrected chi connectivity index (χ0v) is 15.5. The highest BCUT2D eigenvalue weighted by molar-refractivity contribution is 6.33. The highest BCUT2D eigenvalue weighted by Gasteiger charge is 2.45. The molecule has 1 aromatic carbocycles. The van der Waals surface area contributed by atoms with Crippen molar-refractivity contribution >= 4 is 19.1 Å². The Labute approximate surface area is 146 Å². The lowest BCUT2D eigenvalue weighted by molar-refractivity contribution is -0.176. The first kappa shape index (κ1) is 17.3. The van der Waals surface area contributed by atoms with E-state index in [1.807, 2.05) is 7.48 Å². The van der Waals surface area contributed by atoms with E-state index in [0.29, 0.717) is 0 Å². The third-order valence-electron chi connectivity index (χ3n) is 5.62. The van der Waals surface area contributed by atoms with Gasteiger partial charge in [-0.3, -0.25) is 0 Å². The van der Waals surface area contributed by atoms with E-state index in [1.54, 1.807) is 0 Å². The van der Waals surface area contributed by atoms with Gasteiger partial charge in [0.05, 0.1) is 17.2 Å². The van der Waals surface area contributed by atoms with Crippen molar-refractivity contribution in [2.45, 2.75) is 83.4 Å². The van der Waals surface area contributed by atoms with E-state index in [-0.39, 0.29) is 17.2 Å². The van der Waals surface area contributed by atoms with Crippen LogP contribution in [0, 0.1) is 0 Å². The lowest BCUT2D eigenvalue weighted by atomic mass is 9.76. The van der Waals surface area contributed by atoms with Crippen LogP contribution in [-0.2, 0) is 28.7 Å². The molecule has 0 aromatic heterocycles. The predicted octanol–water partition coefficient (Wildman–Crippen LogP) is 4.70. The summed E-state index contributed by atoms with van der Waals surface area (Å²) in [4.78, 5) is 0. The molecule has 0 bridgehead atoms. The topological polar surface area (TPSA) is 18.5 Å². The maximum Gasteiger partial charge on any atom is 0.325 e. The van der Waals surface area contributed by atoms with Crippen molar-refractivity contribution in [2.75, 3.05) is 0 Å². The van der Waals surface area contributed by atoms with Gasteiger partial charge in [-0.15, -0.1) is 0 Å². The van der Waals surface area contributed by atoms with E-state index >= 15 is 0 Å². The fraction of sp³-hybridized carbons (Fsp3) is 0.684. The molecule has 2 aliphatic rings. The molecule has 1 unspecified atom stereocenters. The van der Waals surface area contributed by atoms with E-state index in [9.17, 15) is 0 Å². The molecule has 1 aliphatic carbocycles. The van der Waals surface area contributed by atoms with Gasteiger partial charge in [-0.25, -0.2) is 0 Å². The van der Waals surface area contributed by atoms with Crippen molar-refractivity contribution in [3.63, 3.8) is 0 Å². The van der Waals surface area contributed by atoms with Gasteiger partial charge in [0.2, 0.25) is 0 Å². The summed E-state index contributed by atoms with van der Waals surface area (Å²) in [5, 5.41) is 0.948. The summed E-state index contributed by atoms with van der Waals surface area (Å²) in [6, 6.07) is 4.39. The Kier molecular flexibility index (Phi) is 4.84. The zero-order valence-electron chi connectivity index (χ0n) is 14.7. The number of halogens is 1. The highest BCUT2D eigenvalue weighted by Crippen LogP contribution is 2.36. The molecule has 125 valence electrons. The number of fused-ring (bicyclic) bond motifs is 1. The van der Waals surface area contributed by atoms with Gasteiger partial charge in [-0.1, -0.05) is 30.2 Å². The quantitative estimate of drug-likeness (QED) is 0.577. The average molecular weight is 334 g/mol. The average Bonchev–Trinajstić information content (AvgIpc) is 2.72. The van der Waals surface area contributed by atoms with Gasteiger partial charge in [0.1, 0.15) is 0 Å². The summed E-state index contributed by atoms with van der Waals surface area (Å²) in [6.07, 6.45) is 6.85. The van der Waals surface area contributed by atoms with Crippen molar-refractivity contribution in [1.82, 2.24) is 0 Å². The molecule has 0 saturated carbocycles. The van der Waals surface area contributed by atoms with E-state index < -0.39 is 0 Å². The summed E-state index contributed by atoms with van der Waals surface area (Å²) in [5.74, 6) is 0. The first-order valence-electron chi connectivity index (χ1n) is 8.78. The Hall–Kier alpha value is -0.505. The lowest BCUT2D eigenvalue weighted by Crippen LogP contribution is -2.58. The van der Waals surface area contributed by atoms with E-state index in [2.05, 4.69) is 39.8 Å². The molecule has 1 aliphatic heterocycles. The van der Waals surface area contributed by atoms with Crippen molar-refractivity contribution in [3.8, 4) is 0 Å². The molecule has 1 saturated heterocycles. The van der Waals surface area contributed by atoms with Crippen LogP contribution in [0.5, 0.6) is 0 Å². The predicted molar refractivity (Wildman–Crippen MR) is 96.3 cm³/mol. The van der Waals surface area contributed by atoms with Crippen LogP contribution >= 0.6 is 11.6 Å². The SMILES string of the molecule is CC1(C)O[B]C(Cc2ccc3c(c2Cl)CCCCC3)OC1(C)C. The number of hydrogen-bond donors (Lipinski definition) is 0. The maximum atomic E-state index is 6.74. The minimum atomic E-state index is -0.329. The van der Waals surface area contributed by atoms with E-state index in [0.717, 1.165) is 24.3 Å². The minimum Gasteiger partial charge on any atom is -0.430 e. The molecular formula is C19H27BClO2. The standard InChI is InChI=1S/C19H27BClO2/c1-18(2)19(3,4)23-20-16(22-18)12-14-11-10-13-8-6-5-7-9-15(13)17(14)21/h10-11,16H,5-9,12H2,1-4H3. The van der Waals surface area contributed by atoms with Gasteiger partial charge < -0.3 is 9.39 Å². The van der Waals surface area contributed by atoms with Crippen LogP contribution in [0.2, 0.25) is 5.02 Å². The van der Waals surface area contributed by atoms with Gasteiger partial charge >= 0.3 is 7.48 Å². The normalized spacial score (nSPS) is 26.0. The summed E-state index contributed by atoms with van der Waals surface area (Å²) in [6.45, 7) is 8.31. The number of hydrogen-bond acceptors (Lipinski definition) is 2. The summed E-state index contributed by atoms with van der Waals surface area (Å²) in [5.41, 5.74) is 3.32. The summed E-state index contributed by atoms with van der Waals surface area (Å²) in [7, 11) is 1.84. The van der Waals surface area contributed by atoms with Crippen LogP contribution < -0.4 is 0 Å². The number of benzene rings is 1. The zero-order chi connectivity index (χ0) is 16.7. The Morgan fingerprint density at radius 2 is 1.83 bits per heavy atom. The first-order valence-corrected chi connectivity index (χ1v) is 9.16. The van der Waals surface area contributed by atoms with Crippen LogP contribution in [0.25, 0.3) is 0 Å². The summed E-state index contributed by atoms with van der Waals surface area (Å²) >= 11 is 6.74. The van der Waals surface area contributed by atoms with Gasteiger partial charge in [0, 0.05) is 5.02 Å². The molecule has 1 fully saturated rings. The molecule has 0 amide bonds. The number of aryl methyl sites for hydroxylation is 1. The Morgan fingerprint density at radius 3 is 2.57 bits per heavy atom. The monoisotopic (exact) mass is 333 g/mol. The molecule has 1 aromatic rings. The molecule has 4 heteroatoms. The van der Waals surface area contributed by atoms with Crippen LogP contribution in [-0.4, -0.2) is 24.7 Å². The van der Waals surface area contributed by atoms with E-state index in [4.69, 9.17) is 21.0 Å². The Bertz CT molecular complexity index is 583. The Balaban J connectivity index is 1.78. The highest BCUT2D eigenvalue weighted by atomic mass is 35.5. The van der Waals surface area contributed by atoms with Crippen LogP contribution in [0.1, 0.15) is 63.6 Å². The van der Waals surface area contributed by atoms with Crippen LogP contribution in [0.4, 0.5) is 0 Å². The third-order valence-corrected chi connectivity index (χ3v) is 6.10. The first-order chi connectivity index (χ1) is 10.8. The Morgan fingerprint density at radius 1 is 1.09 bits per heavy atom. The van der Waals surface area contributed by atoms with Crippen molar-refractivity contribution in [2.24, 2.45) is 0 Å². The molecule has 3 rings (SSSR count). The molecular weight excluding hydrogens is 306 g/mol. The number of ether oxygens (including phenoxy) is 1. The maximum absolute atomic E-state index is 6.74. The summed E-state index contributed by atoms with van der Waals surface area (Å²) < 4.78 is 12.2. The van der Waals surface area contributed by atoms with Crippen molar-refractivity contribution in [3.05, 3.63) is 33.8 Å². The lowest BCUT2D eigenvalue weighted by Gasteiger charge is -2.48. The van der Waals surface area contributed by atoms with Gasteiger partial charge in [-0.2, -0.15) is 0 Å². The van der Waals surface area contributed by atoms with Gasteiger partial charge in [-0.05, 0) is 76.5 Å². The van der Waals surface area contributed by atoms with Crippen LogP contribution in [0.15, 0.2) is 12.1 Å². The van der Waals surface area contributed by atoms with E-state index in [1.165, 1.54) is 36.0 Å². The van der Waals surface area contributed by atoms with Crippen LogP contribution in [0.3, 0.4) is 0 Å². The molecule has 2 nitrogen and oxygen atoms in total. The molecule has 1 atom stereocenters. The smallest absolute Gasteiger partial charge is 0.325 e. The largest absolute Gasteiger partial charge is 0.430 e. The molecule has 1 heterocycles. The van der Waals surface area contributed by atoms with Gasteiger partial charge in [0.15, 0.2) is 0 Å². The fourth-order valence-corrected chi connectivity index (χ4v) is 3.76. The second-order valence-corrected chi connectivity index (χ2v) is 8.25. The second-order valence-electron chi connectivity index (χ2n) is 7.87. The molecule has 0 spiro atoms. The third kappa shape index (κ3) is 3.47.